The molecule has 0 fully saturated rings. The van der Waals surface area contributed by atoms with Crippen LogP contribution in [0.1, 0.15) is 69.4 Å². The Kier molecular flexibility index (Phi) is 5.35. The van der Waals surface area contributed by atoms with Crippen molar-refractivity contribution in [3.63, 3.8) is 0 Å². The first-order valence-corrected chi connectivity index (χ1v) is 8.68. The second-order valence-corrected chi connectivity index (χ2v) is 7.83. The number of ketones is 2. The monoisotopic (exact) mass is 345 g/mol. The number of Topliss-reactive ketones (excluding diaryl/α,β-unsaturated/α-hetero) is 2. The van der Waals surface area contributed by atoms with Gasteiger partial charge in [-0.1, -0.05) is 6.08 Å². The highest BCUT2D eigenvalue weighted by atomic mass is 16.6. The molecular weight excluding hydrogens is 318 g/mol. The number of fused-ring (bicyclic) bond motifs is 1. The molecule has 0 spiro atoms. The quantitative estimate of drug-likeness (QED) is 0.745. The van der Waals surface area contributed by atoms with Gasteiger partial charge in [0, 0.05) is 29.3 Å². The van der Waals surface area contributed by atoms with Gasteiger partial charge in [0.15, 0.2) is 5.78 Å². The van der Waals surface area contributed by atoms with Gasteiger partial charge in [0.2, 0.25) is 0 Å². The van der Waals surface area contributed by atoms with E-state index in [9.17, 15) is 14.4 Å². The summed E-state index contributed by atoms with van der Waals surface area (Å²) in [6.45, 7) is 10.7. The summed E-state index contributed by atoms with van der Waals surface area (Å²) in [6.07, 6.45) is 5.51. The summed E-state index contributed by atoms with van der Waals surface area (Å²) < 4.78 is 6.85. The summed E-state index contributed by atoms with van der Waals surface area (Å²) in [7, 11) is 0. The first kappa shape index (κ1) is 19.2. The van der Waals surface area contributed by atoms with Crippen LogP contribution in [0.3, 0.4) is 0 Å². The zero-order valence-electron chi connectivity index (χ0n) is 15.6. The van der Waals surface area contributed by atoms with Crippen molar-refractivity contribution in [2.75, 3.05) is 0 Å². The fourth-order valence-corrected chi connectivity index (χ4v) is 3.39. The van der Waals surface area contributed by atoms with Gasteiger partial charge in [-0.3, -0.25) is 9.36 Å². The minimum atomic E-state index is -0.597. The number of hydrogen-bond acceptors (Lipinski definition) is 4. The van der Waals surface area contributed by atoms with E-state index in [1.165, 1.54) is 4.57 Å². The topological polar surface area (TPSA) is 65.4 Å². The molecule has 25 heavy (non-hydrogen) atoms. The van der Waals surface area contributed by atoms with E-state index in [2.05, 4.69) is 6.58 Å². The summed E-state index contributed by atoms with van der Waals surface area (Å²) in [5.74, 6) is 0.0746. The average molecular weight is 345 g/mol. The van der Waals surface area contributed by atoms with Gasteiger partial charge in [0.1, 0.15) is 11.4 Å². The van der Waals surface area contributed by atoms with Gasteiger partial charge in [0.05, 0.1) is 0 Å². The molecule has 2 rings (SSSR count). The Labute approximate surface area is 149 Å². The Balaban J connectivity index is 2.32. The highest BCUT2D eigenvalue weighted by Crippen LogP contribution is 2.42. The molecule has 0 unspecified atom stereocenters. The van der Waals surface area contributed by atoms with Crippen molar-refractivity contribution in [2.45, 2.75) is 65.4 Å². The van der Waals surface area contributed by atoms with E-state index in [1.54, 1.807) is 25.3 Å². The van der Waals surface area contributed by atoms with Crippen LogP contribution in [0.15, 0.2) is 24.9 Å². The smallest absolute Gasteiger partial charge is 0.418 e. The summed E-state index contributed by atoms with van der Waals surface area (Å²) in [5, 5.41) is 0. The van der Waals surface area contributed by atoms with Crippen LogP contribution in [0.4, 0.5) is 4.79 Å². The number of nitrogens with zero attached hydrogens (tertiary/aromatic N) is 1. The van der Waals surface area contributed by atoms with Gasteiger partial charge >= 0.3 is 6.09 Å². The third kappa shape index (κ3) is 4.09. The lowest BCUT2D eigenvalue weighted by molar-refractivity contribution is -0.117. The second-order valence-electron chi connectivity index (χ2n) is 7.83. The number of rotatable bonds is 5. The Bertz CT molecular complexity index is 708. The first-order valence-electron chi connectivity index (χ1n) is 8.68. The SMILES string of the molecule is C=CC[C@]1(CCC(C)=O)CCc2c(ccn2C(=O)OC(C)(C)C)C1=O. The van der Waals surface area contributed by atoms with Crippen molar-refractivity contribution >= 4 is 17.7 Å². The standard InChI is InChI=1S/C20H27NO4/c1-6-10-20(11-7-14(2)22)12-8-16-15(17(20)23)9-13-21(16)18(24)25-19(3,4)5/h6,9,13H,1,7-8,10-12H2,2-5H3/t20-/m0/s1. The van der Waals surface area contributed by atoms with Gasteiger partial charge in [-0.05, 0) is 59.4 Å². The second kappa shape index (κ2) is 6.98. The largest absolute Gasteiger partial charge is 0.443 e. The summed E-state index contributed by atoms with van der Waals surface area (Å²) in [4.78, 5) is 36.9. The lowest BCUT2D eigenvalue weighted by Gasteiger charge is -2.35. The third-order valence-corrected chi connectivity index (χ3v) is 4.64. The lowest BCUT2D eigenvalue weighted by Crippen LogP contribution is -2.37. The van der Waals surface area contributed by atoms with Crippen LogP contribution in [-0.4, -0.2) is 27.8 Å². The average Bonchev–Trinajstić information content (AvgIpc) is 2.92. The molecular formula is C20H27NO4. The van der Waals surface area contributed by atoms with Crippen molar-refractivity contribution < 1.29 is 19.1 Å². The van der Waals surface area contributed by atoms with E-state index < -0.39 is 17.1 Å². The summed E-state index contributed by atoms with van der Waals surface area (Å²) in [5.41, 5.74) is 0.0610. The minimum absolute atomic E-state index is 0.00258. The van der Waals surface area contributed by atoms with Crippen LogP contribution in [0.2, 0.25) is 0 Å². The Morgan fingerprint density at radius 2 is 2.08 bits per heavy atom. The van der Waals surface area contributed by atoms with Gasteiger partial charge in [-0.25, -0.2) is 4.79 Å². The molecule has 0 saturated carbocycles. The number of ether oxygens (including phenoxy) is 1. The van der Waals surface area contributed by atoms with Crippen molar-refractivity contribution in [2.24, 2.45) is 5.41 Å². The van der Waals surface area contributed by atoms with Gasteiger partial charge in [-0.15, -0.1) is 6.58 Å². The van der Waals surface area contributed by atoms with Crippen molar-refractivity contribution in [1.29, 1.82) is 0 Å². The molecule has 1 heterocycles. The number of allylic oxidation sites excluding steroid dienone is 1. The van der Waals surface area contributed by atoms with Crippen LogP contribution in [-0.2, 0) is 16.0 Å². The van der Waals surface area contributed by atoms with E-state index in [0.29, 0.717) is 43.4 Å². The molecule has 1 aromatic rings. The van der Waals surface area contributed by atoms with Gasteiger partial charge in [-0.2, -0.15) is 0 Å². The maximum atomic E-state index is 13.1. The lowest BCUT2D eigenvalue weighted by atomic mass is 9.67. The molecule has 1 aromatic heterocycles. The molecule has 0 aliphatic heterocycles. The highest BCUT2D eigenvalue weighted by Gasteiger charge is 2.43. The Morgan fingerprint density at radius 3 is 2.64 bits per heavy atom. The fraction of sp³-hybridized carbons (Fsp3) is 0.550. The third-order valence-electron chi connectivity index (χ3n) is 4.64. The van der Waals surface area contributed by atoms with E-state index >= 15 is 0 Å². The van der Waals surface area contributed by atoms with Crippen LogP contribution >= 0.6 is 0 Å². The van der Waals surface area contributed by atoms with Crippen LogP contribution < -0.4 is 0 Å². The maximum Gasteiger partial charge on any atom is 0.418 e. The molecule has 0 bridgehead atoms. The van der Waals surface area contributed by atoms with Gasteiger partial charge in [0.25, 0.3) is 0 Å². The van der Waals surface area contributed by atoms with Crippen molar-refractivity contribution in [3.05, 3.63) is 36.2 Å². The molecule has 1 aliphatic rings. The number of hydrogen-bond donors (Lipinski definition) is 0. The Morgan fingerprint density at radius 1 is 1.40 bits per heavy atom. The van der Waals surface area contributed by atoms with E-state index in [4.69, 9.17) is 4.74 Å². The summed E-state index contributed by atoms with van der Waals surface area (Å²) >= 11 is 0. The zero-order valence-corrected chi connectivity index (χ0v) is 15.6. The van der Waals surface area contributed by atoms with E-state index in [0.717, 1.165) is 0 Å². The molecule has 0 saturated heterocycles. The first-order chi connectivity index (χ1) is 11.6. The molecule has 5 nitrogen and oxygen atoms in total. The molecule has 0 radical (unpaired) electrons. The number of carbonyl (C=O) groups is 3. The summed E-state index contributed by atoms with van der Waals surface area (Å²) in [6, 6.07) is 1.69. The zero-order chi connectivity index (χ0) is 18.8. The molecule has 0 aromatic carbocycles. The number of aromatic nitrogens is 1. The van der Waals surface area contributed by atoms with Gasteiger partial charge < -0.3 is 9.53 Å². The number of carbonyl (C=O) groups excluding carboxylic acids is 3. The van der Waals surface area contributed by atoms with Crippen LogP contribution in [0.25, 0.3) is 0 Å². The normalized spacial score (nSPS) is 20.1. The molecule has 5 heteroatoms. The molecule has 1 atom stereocenters. The molecule has 0 amide bonds. The van der Waals surface area contributed by atoms with E-state index in [-0.39, 0.29) is 11.6 Å². The Hall–Kier alpha value is -2.17. The highest BCUT2D eigenvalue weighted by molar-refractivity contribution is 6.03. The van der Waals surface area contributed by atoms with Crippen molar-refractivity contribution in [1.82, 2.24) is 4.57 Å². The maximum absolute atomic E-state index is 13.1. The molecule has 1 aliphatic carbocycles. The predicted molar refractivity (Wildman–Crippen MR) is 95.9 cm³/mol. The molecule has 136 valence electrons. The predicted octanol–water partition coefficient (Wildman–Crippen LogP) is 4.33. The minimum Gasteiger partial charge on any atom is -0.443 e. The van der Waals surface area contributed by atoms with Crippen LogP contribution in [0, 0.1) is 5.41 Å². The van der Waals surface area contributed by atoms with E-state index in [1.807, 2.05) is 20.8 Å². The van der Waals surface area contributed by atoms with Crippen LogP contribution in [0.5, 0.6) is 0 Å². The fourth-order valence-electron chi connectivity index (χ4n) is 3.39. The molecule has 0 N–H and O–H groups in total. The van der Waals surface area contributed by atoms with Crippen molar-refractivity contribution in [3.8, 4) is 0 Å².